The Bertz CT molecular complexity index is 266. The van der Waals surface area contributed by atoms with Crippen molar-refractivity contribution in [2.75, 3.05) is 5.33 Å². The van der Waals surface area contributed by atoms with Crippen molar-refractivity contribution in [2.45, 2.75) is 31.5 Å². The first kappa shape index (κ1) is 10.2. The number of Topliss-reactive ketones (excluding diaryl/α,β-unsaturated/α-hetero) is 1. The summed E-state index contributed by atoms with van der Waals surface area (Å²) in [6.45, 7) is 4.39. The number of carbonyl (C=O) groups excluding carboxylic acids is 1. The van der Waals surface area contributed by atoms with E-state index in [1.54, 1.807) is 0 Å². The van der Waals surface area contributed by atoms with E-state index < -0.39 is 0 Å². The lowest BCUT2D eigenvalue weighted by molar-refractivity contribution is -0.127. The summed E-state index contributed by atoms with van der Waals surface area (Å²) in [5.41, 5.74) is 0.0770. The average molecular weight is 310 g/mol. The molecule has 0 aromatic heterocycles. The quantitative estimate of drug-likeness (QED) is 0.680. The molecule has 2 fully saturated rings. The van der Waals surface area contributed by atoms with Crippen LogP contribution < -0.4 is 0 Å². The van der Waals surface area contributed by atoms with Crippen molar-refractivity contribution in [1.82, 2.24) is 0 Å². The Balaban J connectivity index is 2.49. The number of carbonyl (C=O) groups is 1. The zero-order chi connectivity index (χ0) is 9.85. The molecule has 2 aliphatic carbocycles. The molecule has 0 radical (unpaired) electrons. The molecule has 2 aliphatic rings. The van der Waals surface area contributed by atoms with Crippen LogP contribution in [0, 0.1) is 16.7 Å². The van der Waals surface area contributed by atoms with E-state index in [0.717, 1.165) is 11.8 Å². The van der Waals surface area contributed by atoms with Crippen LogP contribution in [0.25, 0.3) is 0 Å². The molecule has 4 atom stereocenters. The number of halogens is 2. The first-order valence-electron chi connectivity index (χ1n) is 4.72. The van der Waals surface area contributed by atoms with Gasteiger partial charge in [-0.2, -0.15) is 0 Å². The maximum atomic E-state index is 12.0. The van der Waals surface area contributed by atoms with Gasteiger partial charge < -0.3 is 0 Å². The number of hydrogen-bond donors (Lipinski definition) is 0. The van der Waals surface area contributed by atoms with Gasteiger partial charge in [-0.15, -0.1) is 0 Å². The summed E-state index contributed by atoms with van der Waals surface area (Å²) >= 11 is 7.11. The van der Waals surface area contributed by atoms with Crippen molar-refractivity contribution >= 4 is 37.6 Å². The van der Waals surface area contributed by atoms with E-state index in [0.29, 0.717) is 11.7 Å². The van der Waals surface area contributed by atoms with Gasteiger partial charge in [0.05, 0.1) is 4.83 Å². The molecule has 74 valence electrons. The van der Waals surface area contributed by atoms with Crippen molar-refractivity contribution in [3.05, 3.63) is 0 Å². The zero-order valence-corrected chi connectivity index (χ0v) is 11.1. The van der Waals surface area contributed by atoms with Gasteiger partial charge in [-0.05, 0) is 24.2 Å². The Kier molecular flexibility index (Phi) is 2.20. The third-order valence-electron chi connectivity index (χ3n) is 4.46. The largest absolute Gasteiger partial charge is 0.298 e. The maximum absolute atomic E-state index is 12.0. The standard InChI is InChI=1S/C10H14Br2O/c1-9-4-3-6(7(12)8(9)13)10(9,2)5-11/h6-7H,3-5H2,1-2H3/t6-,7+,9+,10+/m1/s1. The SMILES string of the molecule is C[C@]12CC[C@H]([C@H](Br)C1=O)[C@]2(C)CBr. The summed E-state index contributed by atoms with van der Waals surface area (Å²) < 4.78 is 0. The van der Waals surface area contributed by atoms with Crippen molar-refractivity contribution in [3.63, 3.8) is 0 Å². The maximum Gasteiger partial charge on any atom is 0.153 e. The Hall–Kier alpha value is 0.630. The lowest BCUT2D eigenvalue weighted by Crippen LogP contribution is -2.36. The van der Waals surface area contributed by atoms with Crippen molar-refractivity contribution < 1.29 is 4.79 Å². The highest BCUT2D eigenvalue weighted by Crippen LogP contribution is 2.65. The number of alkyl halides is 2. The topological polar surface area (TPSA) is 17.1 Å². The molecule has 0 unspecified atom stereocenters. The Morgan fingerprint density at radius 2 is 2.15 bits per heavy atom. The third kappa shape index (κ3) is 0.956. The van der Waals surface area contributed by atoms with Gasteiger partial charge in [0.25, 0.3) is 0 Å². The predicted molar refractivity (Wildman–Crippen MR) is 60.5 cm³/mol. The summed E-state index contributed by atoms with van der Waals surface area (Å²) in [4.78, 5) is 12.1. The summed E-state index contributed by atoms with van der Waals surface area (Å²) in [5, 5.41) is 0.939. The van der Waals surface area contributed by atoms with Crippen molar-refractivity contribution in [3.8, 4) is 0 Å². The van der Waals surface area contributed by atoms with Gasteiger partial charge in [-0.25, -0.2) is 0 Å². The van der Waals surface area contributed by atoms with Gasteiger partial charge >= 0.3 is 0 Å². The molecule has 0 amide bonds. The van der Waals surface area contributed by atoms with Gasteiger partial charge in [0.2, 0.25) is 0 Å². The van der Waals surface area contributed by atoms with E-state index in [9.17, 15) is 4.79 Å². The number of rotatable bonds is 1. The van der Waals surface area contributed by atoms with E-state index in [1.807, 2.05) is 0 Å². The van der Waals surface area contributed by atoms with Crippen molar-refractivity contribution in [2.24, 2.45) is 16.7 Å². The third-order valence-corrected chi connectivity index (χ3v) is 6.68. The molecule has 2 rings (SSSR count). The normalized spacial score (nSPS) is 54.6. The van der Waals surface area contributed by atoms with Crippen LogP contribution in [0.4, 0.5) is 0 Å². The van der Waals surface area contributed by atoms with Crippen LogP contribution in [0.3, 0.4) is 0 Å². The van der Waals surface area contributed by atoms with E-state index >= 15 is 0 Å². The van der Waals surface area contributed by atoms with E-state index in [1.165, 1.54) is 6.42 Å². The first-order chi connectivity index (χ1) is 5.97. The van der Waals surface area contributed by atoms with Crippen LogP contribution in [0.1, 0.15) is 26.7 Å². The molecule has 0 heterocycles. The average Bonchev–Trinajstić information content (AvgIpc) is 2.44. The van der Waals surface area contributed by atoms with Crippen LogP contribution in [-0.2, 0) is 4.79 Å². The lowest BCUT2D eigenvalue weighted by Gasteiger charge is -2.34. The van der Waals surface area contributed by atoms with Crippen LogP contribution in [0.15, 0.2) is 0 Å². The molecule has 0 aromatic carbocycles. The molecule has 0 spiro atoms. The van der Waals surface area contributed by atoms with Gasteiger partial charge in [0, 0.05) is 10.7 Å². The molecule has 0 saturated heterocycles. The fraction of sp³-hybridized carbons (Fsp3) is 0.900. The zero-order valence-electron chi connectivity index (χ0n) is 7.94. The van der Waals surface area contributed by atoms with Gasteiger partial charge in [0.15, 0.2) is 5.78 Å². The minimum absolute atomic E-state index is 0.0880. The second kappa shape index (κ2) is 2.82. The summed E-state index contributed by atoms with van der Waals surface area (Å²) in [7, 11) is 0. The van der Waals surface area contributed by atoms with Gasteiger partial charge in [-0.3, -0.25) is 4.79 Å². The Morgan fingerprint density at radius 3 is 2.46 bits per heavy atom. The van der Waals surface area contributed by atoms with Crippen molar-refractivity contribution in [1.29, 1.82) is 0 Å². The second-order valence-electron chi connectivity index (χ2n) is 4.79. The van der Waals surface area contributed by atoms with Crippen LogP contribution >= 0.6 is 31.9 Å². The molecule has 2 saturated carbocycles. The molecule has 2 bridgehead atoms. The Morgan fingerprint density at radius 1 is 1.54 bits per heavy atom. The molecule has 13 heavy (non-hydrogen) atoms. The molecular formula is C10H14Br2O. The van der Waals surface area contributed by atoms with Crippen LogP contribution in [-0.4, -0.2) is 15.9 Å². The highest BCUT2D eigenvalue weighted by molar-refractivity contribution is 9.10. The fourth-order valence-electron chi connectivity index (χ4n) is 3.07. The molecule has 1 nitrogen and oxygen atoms in total. The number of fused-ring (bicyclic) bond motifs is 2. The van der Waals surface area contributed by atoms with Crippen LogP contribution in [0.5, 0.6) is 0 Å². The summed E-state index contributed by atoms with van der Waals surface area (Å²) in [6, 6.07) is 0. The molecular weight excluding hydrogens is 296 g/mol. The lowest BCUT2D eigenvalue weighted by atomic mass is 9.70. The smallest absolute Gasteiger partial charge is 0.153 e. The highest BCUT2D eigenvalue weighted by atomic mass is 79.9. The van der Waals surface area contributed by atoms with Crippen LogP contribution in [0.2, 0.25) is 0 Å². The number of ketones is 1. The highest BCUT2D eigenvalue weighted by Gasteiger charge is 2.67. The van der Waals surface area contributed by atoms with Gasteiger partial charge in [-0.1, -0.05) is 45.7 Å². The first-order valence-corrected chi connectivity index (χ1v) is 6.75. The second-order valence-corrected chi connectivity index (χ2v) is 6.34. The molecule has 0 N–H and O–H groups in total. The van der Waals surface area contributed by atoms with E-state index in [4.69, 9.17) is 0 Å². The molecule has 0 aromatic rings. The summed E-state index contributed by atoms with van der Waals surface area (Å²) in [6.07, 6.45) is 2.26. The number of hydrogen-bond acceptors (Lipinski definition) is 1. The monoisotopic (exact) mass is 308 g/mol. The Labute approximate surface area is 95.9 Å². The minimum Gasteiger partial charge on any atom is -0.298 e. The molecule has 3 heteroatoms. The van der Waals surface area contributed by atoms with E-state index in [2.05, 4.69) is 45.7 Å². The predicted octanol–water partition coefficient (Wildman–Crippen LogP) is 3.15. The van der Waals surface area contributed by atoms with E-state index in [-0.39, 0.29) is 15.7 Å². The van der Waals surface area contributed by atoms with Gasteiger partial charge in [0.1, 0.15) is 0 Å². The summed E-state index contributed by atoms with van der Waals surface area (Å²) in [5.74, 6) is 0.954. The molecule has 0 aliphatic heterocycles. The minimum atomic E-state index is -0.0880. The fourth-order valence-corrected chi connectivity index (χ4v) is 5.45.